The summed E-state index contributed by atoms with van der Waals surface area (Å²) in [7, 11) is 0. The molecule has 0 aliphatic carbocycles. The number of hydrogen-bond acceptors (Lipinski definition) is 3. The van der Waals surface area contributed by atoms with Gasteiger partial charge in [-0.1, -0.05) is 23.7 Å². The Morgan fingerprint density at radius 2 is 2.12 bits per heavy atom. The van der Waals surface area contributed by atoms with Gasteiger partial charge >= 0.3 is 0 Å². The summed E-state index contributed by atoms with van der Waals surface area (Å²) in [5.41, 5.74) is 1.72. The van der Waals surface area contributed by atoms with E-state index in [4.69, 9.17) is 16.9 Å². The van der Waals surface area contributed by atoms with Crippen LogP contribution >= 0.6 is 11.6 Å². The summed E-state index contributed by atoms with van der Waals surface area (Å²) in [5, 5.41) is 18.5. The fourth-order valence-electron chi connectivity index (χ4n) is 1.46. The maximum atomic E-state index is 9.38. The first kappa shape index (κ1) is 10.5. The molecule has 1 aromatic carbocycles. The Labute approximate surface area is 97.6 Å². The summed E-state index contributed by atoms with van der Waals surface area (Å²) in [6, 6.07) is 10.3. The van der Waals surface area contributed by atoms with Crippen LogP contribution in [0.5, 0.6) is 5.75 Å². The smallest absolute Gasteiger partial charge is 0.147 e. The Hall–Kier alpha value is -2.05. The van der Waals surface area contributed by atoms with Gasteiger partial charge in [-0.05, 0) is 23.8 Å². The SMILES string of the molecule is N#Cc1c(-c2cccc(O)c2)ccnc1Cl. The molecule has 4 heteroatoms. The van der Waals surface area contributed by atoms with Crippen molar-refractivity contribution in [2.75, 3.05) is 0 Å². The number of phenols is 1. The number of hydrogen-bond donors (Lipinski definition) is 1. The van der Waals surface area contributed by atoms with Crippen molar-refractivity contribution in [3.8, 4) is 22.9 Å². The maximum Gasteiger partial charge on any atom is 0.147 e. The van der Waals surface area contributed by atoms with E-state index in [-0.39, 0.29) is 10.9 Å². The van der Waals surface area contributed by atoms with Gasteiger partial charge in [-0.3, -0.25) is 0 Å². The summed E-state index contributed by atoms with van der Waals surface area (Å²) in [5.74, 6) is 0.148. The normalized spacial score (nSPS) is 9.75. The molecule has 1 aromatic heterocycles. The third-order valence-electron chi connectivity index (χ3n) is 2.17. The third-order valence-corrected chi connectivity index (χ3v) is 2.46. The molecule has 0 bridgehead atoms. The Morgan fingerprint density at radius 3 is 2.81 bits per heavy atom. The van der Waals surface area contributed by atoms with Crippen molar-refractivity contribution in [2.45, 2.75) is 0 Å². The van der Waals surface area contributed by atoms with Gasteiger partial charge in [-0.15, -0.1) is 0 Å². The van der Waals surface area contributed by atoms with E-state index in [9.17, 15) is 5.11 Å². The summed E-state index contributed by atoms with van der Waals surface area (Å²) in [4.78, 5) is 3.84. The van der Waals surface area contributed by atoms with E-state index in [1.165, 1.54) is 6.20 Å². The highest BCUT2D eigenvalue weighted by Crippen LogP contribution is 2.28. The first-order chi connectivity index (χ1) is 7.72. The maximum absolute atomic E-state index is 9.38. The lowest BCUT2D eigenvalue weighted by Gasteiger charge is -2.05. The van der Waals surface area contributed by atoms with Crippen LogP contribution in [0.2, 0.25) is 5.15 Å². The third kappa shape index (κ3) is 1.83. The highest BCUT2D eigenvalue weighted by molar-refractivity contribution is 6.31. The van der Waals surface area contributed by atoms with Gasteiger partial charge in [0.2, 0.25) is 0 Å². The van der Waals surface area contributed by atoms with E-state index in [2.05, 4.69) is 4.98 Å². The minimum Gasteiger partial charge on any atom is -0.508 e. The predicted molar refractivity (Wildman–Crippen MR) is 61.1 cm³/mol. The molecule has 16 heavy (non-hydrogen) atoms. The second kappa shape index (κ2) is 4.21. The van der Waals surface area contributed by atoms with Crippen molar-refractivity contribution in [1.82, 2.24) is 4.98 Å². The van der Waals surface area contributed by atoms with E-state index in [1.54, 1.807) is 30.3 Å². The minimum absolute atomic E-state index is 0.148. The fraction of sp³-hybridized carbons (Fsp3) is 0. The van der Waals surface area contributed by atoms with Crippen molar-refractivity contribution >= 4 is 11.6 Å². The Morgan fingerprint density at radius 1 is 1.31 bits per heavy atom. The molecule has 3 nitrogen and oxygen atoms in total. The van der Waals surface area contributed by atoms with Crippen molar-refractivity contribution in [1.29, 1.82) is 5.26 Å². The first-order valence-electron chi connectivity index (χ1n) is 4.56. The lowest BCUT2D eigenvalue weighted by molar-refractivity contribution is 0.475. The fourth-order valence-corrected chi connectivity index (χ4v) is 1.66. The molecule has 0 atom stereocenters. The summed E-state index contributed by atoms with van der Waals surface area (Å²) in [6.45, 7) is 0. The van der Waals surface area contributed by atoms with Gasteiger partial charge in [0, 0.05) is 11.8 Å². The molecule has 2 rings (SSSR count). The zero-order chi connectivity index (χ0) is 11.5. The molecule has 0 aliphatic rings. The Balaban J connectivity index is 2.66. The number of benzene rings is 1. The number of phenolic OH excluding ortho intramolecular Hbond substituents is 1. The van der Waals surface area contributed by atoms with Crippen LogP contribution in [0, 0.1) is 11.3 Å². The summed E-state index contributed by atoms with van der Waals surface area (Å²) in [6.07, 6.45) is 1.53. The molecular weight excluding hydrogens is 224 g/mol. The monoisotopic (exact) mass is 230 g/mol. The van der Waals surface area contributed by atoms with Gasteiger partial charge in [0.1, 0.15) is 17.0 Å². The van der Waals surface area contributed by atoms with Gasteiger partial charge in [-0.2, -0.15) is 5.26 Å². The molecule has 0 amide bonds. The van der Waals surface area contributed by atoms with Crippen LogP contribution in [-0.4, -0.2) is 10.1 Å². The molecular formula is C12H7ClN2O. The van der Waals surface area contributed by atoms with Crippen LogP contribution in [0.3, 0.4) is 0 Å². The van der Waals surface area contributed by atoms with E-state index < -0.39 is 0 Å². The van der Waals surface area contributed by atoms with Crippen molar-refractivity contribution < 1.29 is 5.11 Å². The molecule has 0 fully saturated rings. The summed E-state index contributed by atoms with van der Waals surface area (Å²) < 4.78 is 0. The van der Waals surface area contributed by atoms with Gasteiger partial charge in [0.15, 0.2) is 0 Å². The van der Waals surface area contributed by atoms with Crippen LogP contribution in [0.1, 0.15) is 5.56 Å². The zero-order valence-corrected chi connectivity index (χ0v) is 8.94. The molecule has 2 aromatic rings. The molecule has 0 aliphatic heterocycles. The van der Waals surface area contributed by atoms with Gasteiger partial charge in [0.25, 0.3) is 0 Å². The number of nitriles is 1. The highest BCUT2D eigenvalue weighted by atomic mass is 35.5. The molecule has 1 heterocycles. The topological polar surface area (TPSA) is 56.9 Å². The quantitative estimate of drug-likeness (QED) is 0.767. The van der Waals surface area contributed by atoms with Gasteiger partial charge in [0.05, 0.1) is 5.56 Å². The number of halogens is 1. The predicted octanol–water partition coefficient (Wildman–Crippen LogP) is 2.98. The van der Waals surface area contributed by atoms with Crippen LogP contribution < -0.4 is 0 Å². The van der Waals surface area contributed by atoms with Crippen molar-refractivity contribution in [3.63, 3.8) is 0 Å². The number of rotatable bonds is 1. The average Bonchev–Trinajstić information content (AvgIpc) is 2.28. The van der Waals surface area contributed by atoms with Crippen molar-refractivity contribution in [2.24, 2.45) is 0 Å². The number of nitrogens with zero attached hydrogens (tertiary/aromatic N) is 2. The second-order valence-corrected chi connectivity index (χ2v) is 3.54. The first-order valence-corrected chi connectivity index (χ1v) is 4.94. The van der Waals surface area contributed by atoms with Crippen LogP contribution in [0.4, 0.5) is 0 Å². The van der Waals surface area contributed by atoms with Crippen LogP contribution in [0.25, 0.3) is 11.1 Å². The Kier molecular flexibility index (Phi) is 2.76. The average molecular weight is 231 g/mol. The lowest BCUT2D eigenvalue weighted by atomic mass is 10.0. The second-order valence-electron chi connectivity index (χ2n) is 3.19. The standard InChI is InChI=1S/C12H7ClN2O/c13-12-11(7-14)10(4-5-15-12)8-2-1-3-9(16)6-8/h1-6,16H. The molecule has 78 valence electrons. The Bertz CT molecular complexity index is 575. The molecule has 0 unspecified atom stereocenters. The largest absolute Gasteiger partial charge is 0.508 e. The van der Waals surface area contributed by atoms with Crippen LogP contribution in [0.15, 0.2) is 36.5 Å². The molecule has 0 spiro atoms. The lowest BCUT2D eigenvalue weighted by Crippen LogP contribution is -1.88. The van der Waals surface area contributed by atoms with Gasteiger partial charge < -0.3 is 5.11 Å². The zero-order valence-electron chi connectivity index (χ0n) is 8.18. The number of aromatic nitrogens is 1. The van der Waals surface area contributed by atoms with Crippen LogP contribution in [-0.2, 0) is 0 Å². The van der Waals surface area contributed by atoms with Crippen molar-refractivity contribution in [3.05, 3.63) is 47.2 Å². The van der Waals surface area contributed by atoms with E-state index in [0.717, 1.165) is 5.56 Å². The van der Waals surface area contributed by atoms with E-state index in [1.807, 2.05) is 6.07 Å². The highest BCUT2D eigenvalue weighted by Gasteiger charge is 2.09. The van der Waals surface area contributed by atoms with E-state index >= 15 is 0 Å². The van der Waals surface area contributed by atoms with E-state index in [0.29, 0.717) is 11.1 Å². The molecule has 0 saturated heterocycles. The number of aromatic hydroxyl groups is 1. The summed E-state index contributed by atoms with van der Waals surface area (Å²) >= 11 is 5.82. The van der Waals surface area contributed by atoms with Gasteiger partial charge in [-0.25, -0.2) is 4.98 Å². The molecule has 0 saturated carbocycles. The molecule has 1 N–H and O–H groups in total. The number of pyridine rings is 1. The minimum atomic E-state index is 0.148. The molecule has 0 radical (unpaired) electrons.